The summed E-state index contributed by atoms with van der Waals surface area (Å²) in [5, 5.41) is 1.82. The lowest BCUT2D eigenvalue weighted by Crippen LogP contribution is -2.36. The third kappa shape index (κ3) is 4.62. The Balaban J connectivity index is 1.51. The number of nitrogens with one attached hydrogen (secondary N) is 1. The van der Waals surface area contributed by atoms with Gasteiger partial charge in [0.25, 0.3) is 11.1 Å². The maximum Gasteiger partial charge on any atom is 0.294 e. The minimum Gasteiger partial charge on any atom is -0.322 e. The number of nitrogens with zero attached hydrogens (tertiary/aromatic N) is 2. The summed E-state index contributed by atoms with van der Waals surface area (Å²) in [7, 11) is 0. The summed E-state index contributed by atoms with van der Waals surface area (Å²) >= 11 is 4.16. The minimum atomic E-state index is -0.660. The van der Waals surface area contributed by atoms with Gasteiger partial charge < -0.3 is 9.88 Å². The Morgan fingerprint density at radius 2 is 1.81 bits per heavy atom. The van der Waals surface area contributed by atoms with E-state index >= 15 is 0 Å². The van der Waals surface area contributed by atoms with Crippen molar-refractivity contribution in [3.8, 4) is 5.69 Å². The molecule has 1 aliphatic rings. The predicted molar refractivity (Wildman–Crippen MR) is 121 cm³/mol. The zero-order valence-electron chi connectivity index (χ0n) is 15.9. The molecule has 2 heterocycles. The van der Waals surface area contributed by atoms with E-state index in [0.717, 1.165) is 26.8 Å². The quantitative estimate of drug-likeness (QED) is 0.498. The van der Waals surface area contributed by atoms with Gasteiger partial charge in [0.05, 0.1) is 10.6 Å². The lowest BCUT2D eigenvalue weighted by molar-refractivity contribution is -0.127. The SMILES string of the molecule is O=C(CN1C(=O)S/C(=C/c2cccn2-c2ccc(Br)cc2)C1=O)Nc1ccccc1F. The summed E-state index contributed by atoms with van der Waals surface area (Å²) in [6, 6.07) is 17.0. The average molecular weight is 500 g/mol. The molecule has 1 fully saturated rings. The van der Waals surface area contributed by atoms with E-state index in [4.69, 9.17) is 0 Å². The van der Waals surface area contributed by atoms with Crippen molar-refractivity contribution in [1.82, 2.24) is 9.47 Å². The molecule has 0 saturated carbocycles. The Bertz CT molecular complexity index is 1210. The third-order valence-electron chi connectivity index (χ3n) is 4.49. The normalized spacial score (nSPS) is 15.0. The van der Waals surface area contributed by atoms with E-state index in [-0.39, 0.29) is 10.6 Å². The number of para-hydroxylation sites is 1. The van der Waals surface area contributed by atoms with E-state index in [1.807, 2.05) is 47.2 Å². The fraction of sp³-hybridized carbons (Fsp3) is 0.0455. The molecule has 0 aliphatic carbocycles. The topological polar surface area (TPSA) is 71.4 Å². The summed E-state index contributed by atoms with van der Waals surface area (Å²) in [4.78, 5) is 38.4. The van der Waals surface area contributed by atoms with E-state index in [0.29, 0.717) is 5.69 Å². The summed E-state index contributed by atoms with van der Waals surface area (Å²) in [6.07, 6.45) is 3.46. The number of hydrogen-bond donors (Lipinski definition) is 1. The number of rotatable bonds is 5. The second kappa shape index (κ2) is 8.91. The molecule has 31 heavy (non-hydrogen) atoms. The maximum absolute atomic E-state index is 13.7. The number of carbonyl (C=O) groups is 3. The summed E-state index contributed by atoms with van der Waals surface area (Å²) in [5.74, 6) is -1.83. The van der Waals surface area contributed by atoms with Gasteiger partial charge >= 0.3 is 0 Å². The highest BCUT2D eigenvalue weighted by molar-refractivity contribution is 9.10. The number of amides is 3. The largest absolute Gasteiger partial charge is 0.322 e. The molecule has 0 atom stereocenters. The molecule has 2 aromatic carbocycles. The van der Waals surface area contributed by atoms with Crippen LogP contribution in [0, 0.1) is 5.82 Å². The molecule has 0 radical (unpaired) electrons. The molecule has 3 amide bonds. The molecule has 6 nitrogen and oxygen atoms in total. The van der Waals surface area contributed by atoms with Crippen LogP contribution in [-0.2, 0) is 9.59 Å². The first-order valence-corrected chi connectivity index (χ1v) is 10.8. The van der Waals surface area contributed by atoms with Gasteiger partial charge in [-0.2, -0.15) is 0 Å². The number of thioether (sulfide) groups is 1. The van der Waals surface area contributed by atoms with Crippen molar-refractivity contribution in [1.29, 1.82) is 0 Å². The van der Waals surface area contributed by atoms with Crippen LogP contribution in [0.3, 0.4) is 0 Å². The van der Waals surface area contributed by atoms with Gasteiger partial charge in [0.1, 0.15) is 12.4 Å². The van der Waals surface area contributed by atoms with Crippen LogP contribution in [0.15, 0.2) is 76.2 Å². The number of halogens is 2. The van der Waals surface area contributed by atoms with Gasteiger partial charge in [0, 0.05) is 22.1 Å². The van der Waals surface area contributed by atoms with Gasteiger partial charge in [-0.25, -0.2) is 4.39 Å². The molecule has 1 aliphatic heterocycles. The highest BCUT2D eigenvalue weighted by Gasteiger charge is 2.36. The molecule has 0 bridgehead atoms. The van der Waals surface area contributed by atoms with Gasteiger partial charge in [-0.05, 0) is 66.4 Å². The Labute approximate surface area is 189 Å². The zero-order valence-corrected chi connectivity index (χ0v) is 18.3. The Hall–Kier alpha value is -3.17. The number of benzene rings is 2. The number of carbonyl (C=O) groups excluding carboxylic acids is 3. The van der Waals surface area contributed by atoms with Crippen LogP contribution in [0.25, 0.3) is 11.8 Å². The van der Waals surface area contributed by atoms with Crippen LogP contribution >= 0.6 is 27.7 Å². The number of aromatic nitrogens is 1. The minimum absolute atomic E-state index is 0.0117. The molecule has 1 saturated heterocycles. The fourth-order valence-corrected chi connectivity index (χ4v) is 4.10. The Kier molecular flexibility index (Phi) is 6.06. The van der Waals surface area contributed by atoms with Crippen LogP contribution in [0.4, 0.5) is 14.9 Å². The molecule has 0 unspecified atom stereocenters. The Morgan fingerprint density at radius 3 is 2.55 bits per heavy atom. The van der Waals surface area contributed by atoms with Crippen molar-refractivity contribution in [2.75, 3.05) is 11.9 Å². The second-order valence-corrected chi connectivity index (χ2v) is 8.48. The van der Waals surface area contributed by atoms with Crippen molar-refractivity contribution >= 4 is 56.5 Å². The van der Waals surface area contributed by atoms with Gasteiger partial charge in [-0.15, -0.1) is 0 Å². The molecule has 3 aromatic rings. The summed E-state index contributed by atoms with van der Waals surface area (Å²) < 4.78 is 16.5. The highest BCUT2D eigenvalue weighted by atomic mass is 79.9. The van der Waals surface area contributed by atoms with Crippen molar-refractivity contribution in [2.45, 2.75) is 0 Å². The highest BCUT2D eigenvalue weighted by Crippen LogP contribution is 2.32. The molecule has 156 valence electrons. The standard InChI is InChI=1S/C22H15BrFN3O3S/c23-14-7-9-15(10-8-14)26-11-3-4-16(26)12-19-21(29)27(22(30)31-19)13-20(28)25-18-6-2-1-5-17(18)24/h1-12H,13H2,(H,25,28)/b19-12+. The van der Waals surface area contributed by atoms with Crippen LogP contribution < -0.4 is 5.32 Å². The van der Waals surface area contributed by atoms with Gasteiger partial charge in [0.15, 0.2) is 0 Å². The van der Waals surface area contributed by atoms with E-state index < -0.39 is 29.4 Å². The summed E-state index contributed by atoms with van der Waals surface area (Å²) in [6.45, 7) is -0.496. The van der Waals surface area contributed by atoms with E-state index in [2.05, 4.69) is 21.2 Å². The molecule has 9 heteroatoms. The van der Waals surface area contributed by atoms with E-state index in [9.17, 15) is 18.8 Å². The van der Waals surface area contributed by atoms with Crippen LogP contribution in [0.1, 0.15) is 5.69 Å². The number of anilines is 1. The zero-order chi connectivity index (χ0) is 22.0. The molecule has 1 N–H and O–H groups in total. The van der Waals surface area contributed by atoms with Gasteiger partial charge in [-0.3, -0.25) is 19.3 Å². The molecular weight excluding hydrogens is 485 g/mol. The van der Waals surface area contributed by atoms with Crippen molar-refractivity contribution in [3.05, 3.63) is 87.7 Å². The molecular formula is C22H15BrFN3O3S. The second-order valence-electron chi connectivity index (χ2n) is 6.58. The van der Waals surface area contributed by atoms with Gasteiger partial charge in [0.2, 0.25) is 5.91 Å². The van der Waals surface area contributed by atoms with E-state index in [1.165, 1.54) is 18.2 Å². The molecule has 1 aromatic heterocycles. The third-order valence-corrected chi connectivity index (χ3v) is 5.92. The average Bonchev–Trinajstić information content (AvgIpc) is 3.30. The van der Waals surface area contributed by atoms with Crippen molar-refractivity contribution in [3.63, 3.8) is 0 Å². The lowest BCUT2D eigenvalue weighted by atomic mass is 10.3. The van der Waals surface area contributed by atoms with Gasteiger partial charge in [-0.1, -0.05) is 28.1 Å². The first-order chi connectivity index (χ1) is 14.9. The smallest absolute Gasteiger partial charge is 0.294 e. The number of hydrogen-bond acceptors (Lipinski definition) is 4. The van der Waals surface area contributed by atoms with Crippen molar-refractivity contribution < 1.29 is 18.8 Å². The number of imide groups is 1. The first kappa shape index (κ1) is 21.1. The molecule has 0 spiro atoms. The van der Waals surface area contributed by atoms with Crippen molar-refractivity contribution in [2.24, 2.45) is 0 Å². The fourth-order valence-electron chi connectivity index (χ4n) is 3.02. The van der Waals surface area contributed by atoms with E-state index in [1.54, 1.807) is 12.1 Å². The first-order valence-electron chi connectivity index (χ1n) is 9.15. The van der Waals surface area contributed by atoms with Crippen LogP contribution in [0.2, 0.25) is 0 Å². The van der Waals surface area contributed by atoms with Crippen LogP contribution in [0.5, 0.6) is 0 Å². The Morgan fingerprint density at radius 1 is 1.06 bits per heavy atom. The molecule has 4 rings (SSSR count). The monoisotopic (exact) mass is 499 g/mol. The summed E-state index contributed by atoms with van der Waals surface area (Å²) in [5.41, 5.74) is 1.59. The lowest BCUT2D eigenvalue weighted by Gasteiger charge is -2.12. The predicted octanol–water partition coefficient (Wildman–Crippen LogP) is 5.05. The maximum atomic E-state index is 13.7. The van der Waals surface area contributed by atoms with Crippen LogP contribution in [-0.4, -0.2) is 33.1 Å².